The summed E-state index contributed by atoms with van der Waals surface area (Å²) in [6.45, 7) is 0. The molecule has 1 aromatic carbocycles. The molecular formula is C18H14FN5O3. The first-order chi connectivity index (χ1) is 13.1. The molecular weight excluding hydrogens is 353 g/mol. The molecule has 0 spiro atoms. The molecule has 0 fully saturated rings. The topological polar surface area (TPSA) is 111 Å². The van der Waals surface area contributed by atoms with Crippen molar-refractivity contribution in [1.29, 1.82) is 0 Å². The van der Waals surface area contributed by atoms with Crippen LogP contribution in [0.1, 0.15) is 10.4 Å². The molecule has 27 heavy (non-hydrogen) atoms. The van der Waals surface area contributed by atoms with Crippen LogP contribution in [0.4, 0.5) is 27.4 Å². The number of anilines is 4. The first-order valence-corrected chi connectivity index (χ1v) is 7.90. The predicted molar refractivity (Wildman–Crippen MR) is 96.6 cm³/mol. The van der Waals surface area contributed by atoms with Crippen LogP contribution in [0.3, 0.4) is 0 Å². The fraction of sp³-hybridized carbons (Fsp3) is 0.0556. The van der Waals surface area contributed by atoms with Gasteiger partial charge in [0, 0.05) is 6.20 Å². The molecule has 1 aliphatic rings. The standard InChI is InChI=1S/C18H14FN5O3/c1-26-11-3-2-4-12-15(11)24-14-10(17(20)25)8-22-18(16(14)27-12)23-13-6-5-9(19)7-21-13/h2-8,24H,1H3,(H2,20,25)(H,21,22,23). The molecule has 136 valence electrons. The monoisotopic (exact) mass is 367 g/mol. The maximum Gasteiger partial charge on any atom is 0.252 e. The molecule has 3 aromatic rings. The average Bonchev–Trinajstić information content (AvgIpc) is 2.67. The minimum Gasteiger partial charge on any atom is -0.494 e. The van der Waals surface area contributed by atoms with Crippen LogP contribution in [0.15, 0.2) is 42.7 Å². The van der Waals surface area contributed by atoms with E-state index in [1.807, 2.05) is 0 Å². The van der Waals surface area contributed by atoms with Gasteiger partial charge in [0.05, 0.1) is 18.9 Å². The van der Waals surface area contributed by atoms with Crippen molar-refractivity contribution in [3.8, 4) is 17.2 Å². The number of aromatic nitrogens is 2. The number of hydrogen-bond donors (Lipinski definition) is 3. The van der Waals surface area contributed by atoms with E-state index < -0.39 is 11.7 Å². The Kier molecular flexibility index (Phi) is 3.96. The fourth-order valence-electron chi connectivity index (χ4n) is 2.69. The number of nitrogens with one attached hydrogen (secondary N) is 2. The van der Waals surface area contributed by atoms with Gasteiger partial charge in [-0.25, -0.2) is 14.4 Å². The second-order valence-corrected chi connectivity index (χ2v) is 5.64. The van der Waals surface area contributed by atoms with Gasteiger partial charge < -0.3 is 25.8 Å². The number of nitrogens with zero attached hydrogens (tertiary/aromatic N) is 2. The molecule has 2 aromatic heterocycles. The zero-order chi connectivity index (χ0) is 19.0. The maximum absolute atomic E-state index is 13.1. The lowest BCUT2D eigenvalue weighted by molar-refractivity contribution is 0.100. The predicted octanol–water partition coefficient (Wildman–Crippen LogP) is 3.32. The Morgan fingerprint density at radius 2 is 2.07 bits per heavy atom. The molecule has 0 bridgehead atoms. The Hall–Kier alpha value is -3.88. The van der Waals surface area contributed by atoms with Crippen LogP contribution < -0.4 is 25.8 Å². The van der Waals surface area contributed by atoms with Crippen molar-refractivity contribution in [2.24, 2.45) is 5.73 Å². The zero-order valence-electron chi connectivity index (χ0n) is 14.1. The van der Waals surface area contributed by atoms with Gasteiger partial charge in [-0.3, -0.25) is 4.79 Å². The number of nitrogens with two attached hydrogens (primary N) is 1. The minimum atomic E-state index is -0.667. The first kappa shape index (κ1) is 16.6. The molecule has 3 heterocycles. The third-order valence-corrected chi connectivity index (χ3v) is 3.94. The second-order valence-electron chi connectivity index (χ2n) is 5.64. The van der Waals surface area contributed by atoms with Crippen molar-refractivity contribution in [1.82, 2.24) is 9.97 Å². The lowest BCUT2D eigenvalue weighted by Crippen LogP contribution is -2.17. The van der Waals surface area contributed by atoms with E-state index in [1.165, 1.54) is 25.4 Å². The van der Waals surface area contributed by atoms with E-state index in [4.69, 9.17) is 15.2 Å². The number of para-hydroxylation sites is 1. The lowest BCUT2D eigenvalue weighted by Gasteiger charge is -2.26. The number of carbonyl (C=O) groups is 1. The van der Waals surface area contributed by atoms with Gasteiger partial charge in [-0.05, 0) is 24.3 Å². The number of methoxy groups -OCH3 is 1. The van der Waals surface area contributed by atoms with Gasteiger partial charge in [-0.2, -0.15) is 0 Å². The van der Waals surface area contributed by atoms with E-state index >= 15 is 0 Å². The third-order valence-electron chi connectivity index (χ3n) is 3.94. The van der Waals surface area contributed by atoms with Crippen molar-refractivity contribution in [3.63, 3.8) is 0 Å². The van der Waals surface area contributed by atoms with Crippen LogP contribution in [0.2, 0.25) is 0 Å². The summed E-state index contributed by atoms with van der Waals surface area (Å²) in [7, 11) is 1.53. The highest BCUT2D eigenvalue weighted by molar-refractivity contribution is 6.03. The largest absolute Gasteiger partial charge is 0.494 e. The number of amides is 1. The molecule has 0 unspecified atom stereocenters. The average molecular weight is 367 g/mol. The van der Waals surface area contributed by atoms with Crippen LogP contribution in [0.5, 0.6) is 17.2 Å². The Bertz CT molecular complexity index is 1040. The molecule has 0 aliphatic carbocycles. The molecule has 0 saturated heterocycles. The Morgan fingerprint density at radius 1 is 1.22 bits per heavy atom. The van der Waals surface area contributed by atoms with Crippen LogP contribution in [-0.4, -0.2) is 23.0 Å². The minimum absolute atomic E-state index is 0.152. The number of halogens is 1. The van der Waals surface area contributed by atoms with Gasteiger partial charge in [0.2, 0.25) is 0 Å². The summed E-state index contributed by atoms with van der Waals surface area (Å²) in [5, 5.41) is 6.08. The number of benzene rings is 1. The highest BCUT2D eigenvalue weighted by Gasteiger charge is 2.27. The van der Waals surface area contributed by atoms with Crippen molar-refractivity contribution < 1.29 is 18.7 Å². The molecule has 0 saturated carbocycles. The van der Waals surface area contributed by atoms with Gasteiger partial charge in [-0.1, -0.05) is 6.07 Å². The van der Waals surface area contributed by atoms with E-state index in [9.17, 15) is 9.18 Å². The van der Waals surface area contributed by atoms with Crippen LogP contribution >= 0.6 is 0 Å². The van der Waals surface area contributed by atoms with Gasteiger partial charge in [0.25, 0.3) is 5.91 Å². The smallest absolute Gasteiger partial charge is 0.252 e. The van der Waals surface area contributed by atoms with Gasteiger partial charge in [-0.15, -0.1) is 0 Å². The lowest BCUT2D eigenvalue weighted by atomic mass is 10.1. The van der Waals surface area contributed by atoms with Crippen molar-refractivity contribution in [2.45, 2.75) is 0 Å². The van der Waals surface area contributed by atoms with Gasteiger partial charge >= 0.3 is 0 Å². The van der Waals surface area contributed by atoms with Crippen molar-refractivity contribution in [2.75, 3.05) is 17.7 Å². The molecule has 9 heteroatoms. The van der Waals surface area contributed by atoms with Crippen LogP contribution in [-0.2, 0) is 0 Å². The summed E-state index contributed by atoms with van der Waals surface area (Å²) in [6.07, 6.45) is 2.40. The number of rotatable bonds is 4. The van der Waals surface area contributed by atoms with Crippen molar-refractivity contribution >= 4 is 28.9 Å². The summed E-state index contributed by atoms with van der Waals surface area (Å²) < 4.78 is 24.4. The second kappa shape index (κ2) is 6.45. The number of hydrogen-bond acceptors (Lipinski definition) is 7. The third kappa shape index (κ3) is 2.95. The van der Waals surface area contributed by atoms with Crippen LogP contribution in [0.25, 0.3) is 0 Å². The van der Waals surface area contributed by atoms with E-state index in [0.717, 1.165) is 6.20 Å². The van der Waals surface area contributed by atoms with E-state index in [0.29, 0.717) is 28.7 Å². The molecule has 1 aliphatic heterocycles. The highest BCUT2D eigenvalue weighted by Crippen LogP contribution is 2.50. The zero-order valence-corrected chi connectivity index (χ0v) is 14.1. The van der Waals surface area contributed by atoms with E-state index in [1.54, 1.807) is 18.2 Å². The summed E-state index contributed by atoms with van der Waals surface area (Å²) in [5.41, 5.74) is 6.53. The summed E-state index contributed by atoms with van der Waals surface area (Å²) in [6, 6.07) is 7.99. The Labute approximate surface area is 153 Å². The Balaban J connectivity index is 1.81. The summed E-state index contributed by atoms with van der Waals surface area (Å²) >= 11 is 0. The van der Waals surface area contributed by atoms with Gasteiger partial charge in [0.15, 0.2) is 17.3 Å². The number of primary amides is 1. The molecule has 4 rings (SSSR count). The quantitative estimate of drug-likeness (QED) is 0.507. The first-order valence-electron chi connectivity index (χ1n) is 7.90. The summed E-state index contributed by atoms with van der Waals surface area (Å²) in [5.74, 6) is 0.810. The van der Waals surface area contributed by atoms with Gasteiger partial charge in [0.1, 0.15) is 28.8 Å². The molecule has 4 N–H and O–H groups in total. The summed E-state index contributed by atoms with van der Waals surface area (Å²) in [4.78, 5) is 20.0. The Morgan fingerprint density at radius 3 is 2.78 bits per heavy atom. The highest BCUT2D eigenvalue weighted by atomic mass is 19.1. The fourth-order valence-corrected chi connectivity index (χ4v) is 2.69. The molecule has 0 radical (unpaired) electrons. The maximum atomic E-state index is 13.1. The molecule has 1 amide bonds. The van der Waals surface area contributed by atoms with Crippen LogP contribution in [0, 0.1) is 5.82 Å². The number of ether oxygens (including phenoxy) is 2. The number of pyridine rings is 2. The normalized spacial score (nSPS) is 11.5. The van der Waals surface area contributed by atoms with E-state index in [2.05, 4.69) is 20.6 Å². The van der Waals surface area contributed by atoms with E-state index in [-0.39, 0.29) is 17.1 Å². The number of fused-ring (bicyclic) bond motifs is 2. The van der Waals surface area contributed by atoms with Crippen molar-refractivity contribution in [3.05, 3.63) is 54.1 Å². The molecule has 8 nitrogen and oxygen atoms in total. The molecule has 0 atom stereocenters. The number of carbonyl (C=O) groups excluding carboxylic acids is 1. The SMILES string of the molecule is COc1cccc2c1Nc1c(C(N)=O)cnc(Nc3ccc(F)cn3)c1O2.